The molecular formula is C12H10Br3N3O. The van der Waals surface area contributed by atoms with Crippen LogP contribution in [0.15, 0.2) is 43.7 Å². The van der Waals surface area contributed by atoms with Gasteiger partial charge in [-0.25, -0.2) is 10.8 Å². The molecule has 4 nitrogen and oxygen atoms in total. The zero-order valence-corrected chi connectivity index (χ0v) is 14.4. The molecule has 3 N–H and O–H groups in total. The van der Waals surface area contributed by atoms with Crippen LogP contribution in [0.2, 0.25) is 0 Å². The number of anilines is 1. The molecule has 0 amide bonds. The maximum atomic E-state index is 5.76. The summed E-state index contributed by atoms with van der Waals surface area (Å²) in [5.41, 5.74) is 3.29. The molecule has 2 aromatic rings. The average molecular weight is 452 g/mol. The smallest absolute Gasteiger partial charge is 0.148 e. The molecule has 0 aliphatic rings. The standard InChI is InChI=1S/C12H10Br3N3O/c13-7-4-9(14)12(10(15)5-7)19-6-8-2-1-3-11(17-8)18-16/h1-5H,6,16H2,(H,17,18). The number of hydrogen-bond acceptors (Lipinski definition) is 4. The lowest BCUT2D eigenvalue weighted by atomic mass is 10.3. The highest BCUT2D eigenvalue weighted by molar-refractivity contribution is 9.11. The molecule has 19 heavy (non-hydrogen) atoms. The van der Waals surface area contributed by atoms with E-state index in [1.54, 1.807) is 6.07 Å². The first-order chi connectivity index (χ1) is 9.10. The third-order valence-electron chi connectivity index (χ3n) is 2.28. The molecule has 0 saturated carbocycles. The Morgan fingerprint density at radius 1 is 1.16 bits per heavy atom. The van der Waals surface area contributed by atoms with Crippen LogP contribution < -0.4 is 16.0 Å². The Kier molecular flexibility index (Phi) is 5.20. The highest BCUT2D eigenvalue weighted by Crippen LogP contribution is 2.36. The molecule has 0 atom stereocenters. The maximum Gasteiger partial charge on any atom is 0.148 e. The summed E-state index contributed by atoms with van der Waals surface area (Å²) < 4.78 is 8.45. The van der Waals surface area contributed by atoms with E-state index in [-0.39, 0.29) is 0 Å². The molecule has 0 bridgehead atoms. The quantitative estimate of drug-likeness (QED) is 0.539. The molecule has 0 spiro atoms. The fraction of sp³-hybridized carbons (Fsp3) is 0.0833. The van der Waals surface area contributed by atoms with E-state index in [0.717, 1.165) is 24.9 Å². The Morgan fingerprint density at radius 2 is 1.84 bits per heavy atom. The van der Waals surface area contributed by atoms with Crippen LogP contribution in [0.3, 0.4) is 0 Å². The van der Waals surface area contributed by atoms with E-state index in [1.807, 2.05) is 24.3 Å². The summed E-state index contributed by atoms with van der Waals surface area (Å²) in [6, 6.07) is 9.37. The minimum Gasteiger partial charge on any atom is -0.485 e. The van der Waals surface area contributed by atoms with Gasteiger partial charge in [-0.15, -0.1) is 0 Å². The van der Waals surface area contributed by atoms with Gasteiger partial charge in [0.05, 0.1) is 14.6 Å². The fourth-order valence-electron chi connectivity index (χ4n) is 1.45. The zero-order chi connectivity index (χ0) is 13.8. The van der Waals surface area contributed by atoms with Gasteiger partial charge in [-0.1, -0.05) is 22.0 Å². The van der Waals surface area contributed by atoms with Gasteiger partial charge in [0.1, 0.15) is 18.2 Å². The van der Waals surface area contributed by atoms with Crippen molar-refractivity contribution in [1.82, 2.24) is 4.98 Å². The van der Waals surface area contributed by atoms with Crippen molar-refractivity contribution in [2.24, 2.45) is 5.84 Å². The number of nitrogens with two attached hydrogens (primary N) is 1. The molecule has 7 heteroatoms. The Balaban J connectivity index is 2.14. The number of nitrogens with one attached hydrogen (secondary N) is 1. The van der Waals surface area contributed by atoms with Gasteiger partial charge in [0.15, 0.2) is 0 Å². The highest BCUT2D eigenvalue weighted by Gasteiger charge is 2.09. The van der Waals surface area contributed by atoms with Crippen molar-refractivity contribution >= 4 is 53.6 Å². The molecule has 0 fully saturated rings. The van der Waals surface area contributed by atoms with E-state index >= 15 is 0 Å². The summed E-state index contributed by atoms with van der Waals surface area (Å²) in [5, 5.41) is 0. The number of pyridine rings is 1. The number of halogens is 3. The van der Waals surface area contributed by atoms with Crippen LogP contribution in [0.1, 0.15) is 5.69 Å². The van der Waals surface area contributed by atoms with Crippen molar-refractivity contribution in [2.45, 2.75) is 6.61 Å². The van der Waals surface area contributed by atoms with Gasteiger partial charge in [0.2, 0.25) is 0 Å². The summed E-state index contributed by atoms with van der Waals surface area (Å²) in [5.74, 6) is 6.66. The van der Waals surface area contributed by atoms with E-state index in [2.05, 4.69) is 58.2 Å². The summed E-state index contributed by atoms with van der Waals surface area (Å²) in [4.78, 5) is 4.28. The monoisotopic (exact) mass is 449 g/mol. The van der Waals surface area contributed by atoms with Crippen LogP contribution in [0.5, 0.6) is 5.75 Å². The maximum absolute atomic E-state index is 5.76. The van der Waals surface area contributed by atoms with Crippen molar-refractivity contribution in [1.29, 1.82) is 0 Å². The first-order valence-corrected chi connectivity index (χ1v) is 7.68. The first kappa shape index (κ1) is 14.8. The van der Waals surface area contributed by atoms with E-state index in [0.29, 0.717) is 12.4 Å². The van der Waals surface area contributed by atoms with Gasteiger partial charge in [-0.05, 0) is 56.1 Å². The number of rotatable bonds is 4. The van der Waals surface area contributed by atoms with E-state index in [4.69, 9.17) is 10.6 Å². The van der Waals surface area contributed by atoms with Crippen molar-refractivity contribution < 1.29 is 4.74 Å². The van der Waals surface area contributed by atoms with Gasteiger partial charge in [0.25, 0.3) is 0 Å². The minimum absolute atomic E-state index is 0.356. The molecule has 0 radical (unpaired) electrons. The molecule has 0 aliphatic heterocycles. The average Bonchev–Trinajstić information content (AvgIpc) is 2.37. The van der Waals surface area contributed by atoms with Crippen molar-refractivity contribution in [3.05, 3.63) is 49.4 Å². The second kappa shape index (κ2) is 6.69. The highest BCUT2D eigenvalue weighted by atomic mass is 79.9. The Labute approximate surface area is 136 Å². The predicted octanol–water partition coefficient (Wildman–Crippen LogP) is 4.23. The van der Waals surface area contributed by atoms with Crippen LogP contribution in [0.25, 0.3) is 0 Å². The van der Waals surface area contributed by atoms with Crippen LogP contribution in [0.4, 0.5) is 5.82 Å². The molecule has 1 heterocycles. The van der Waals surface area contributed by atoms with E-state index in [1.165, 1.54) is 0 Å². The SMILES string of the molecule is NNc1cccc(COc2c(Br)cc(Br)cc2Br)n1. The lowest BCUT2D eigenvalue weighted by Crippen LogP contribution is -2.09. The van der Waals surface area contributed by atoms with E-state index in [9.17, 15) is 0 Å². The molecule has 1 aromatic heterocycles. The van der Waals surface area contributed by atoms with Crippen LogP contribution >= 0.6 is 47.8 Å². The second-order valence-corrected chi connectivity index (χ2v) is 6.27. The number of nitrogen functional groups attached to an aromatic ring is 1. The molecule has 100 valence electrons. The fourth-order valence-corrected chi connectivity index (χ4v) is 3.94. The van der Waals surface area contributed by atoms with Crippen molar-refractivity contribution in [2.75, 3.05) is 5.43 Å². The third kappa shape index (κ3) is 3.92. The number of hydrazine groups is 1. The molecule has 0 aliphatic carbocycles. The van der Waals surface area contributed by atoms with Gasteiger partial charge in [-0.2, -0.15) is 0 Å². The summed E-state index contributed by atoms with van der Waals surface area (Å²) in [6.45, 7) is 0.356. The topological polar surface area (TPSA) is 60.2 Å². The first-order valence-electron chi connectivity index (χ1n) is 5.30. The van der Waals surface area contributed by atoms with Crippen molar-refractivity contribution in [3.8, 4) is 5.75 Å². The summed E-state index contributed by atoms with van der Waals surface area (Å²) >= 11 is 10.3. The molecule has 1 aromatic carbocycles. The number of ether oxygens (including phenoxy) is 1. The predicted molar refractivity (Wildman–Crippen MR) is 85.9 cm³/mol. The lowest BCUT2D eigenvalue weighted by molar-refractivity contribution is 0.297. The van der Waals surface area contributed by atoms with Crippen LogP contribution in [-0.2, 0) is 6.61 Å². The van der Waals surface area contributed by atoms with Crippen molar-refractivity contribution in [3.63, 3.8) is 0 Å². The number of benzene rings is 1. The molecule has 0 saturated heterocycles. The molecule has 0 unspecified atom stereocenters. The number of aromatic nitrogens is 1. The second-order valence-electron chi connectivity index (χ2n) is 3.65. The van der Waals surface area contributed by atoms with Gasteiger partial charge < -0.3 is 10.2 Å². The summed E-state index contributed by atoms with van der Waals surface area (Å²) in [7, 11) is 0. The number of nitrogens with zero attached hydrogens (tertiary/aromatic N) is 1. The normalized spacial score (nSPS) is 10.3. The van der Waals surface area contributed by atoms with Crippen LogP contribution in [0, 0.1) is 0 Å². The molecular weight excluding hydrogens is 442 g/mol. The lowest BCUT2D eigenvalue weighted by Gasteiger charge is -2.11. The van der Waals surface area contributed by atoms with Gasteiger partial charge in [-0.3, -0.25) is 0 Å². The van der Waals surface area contributed by atoms with E-state index < -0.39 is 0 Å². The summed E-state index contributed by atoms with van der Waals surface area (Å²) in [6.07, 6.45) is 0. The molecule has 2 rings (SSSR count). The third-order valence-corrected chi connectivity index (χ3v) is 3.92. The Hall–Kier alpha value is -0.630. The van der Waals surface area contributed by atoms with Crippen LogP contribution in [-0.4, -0.2) is 4.98 Å². The van der Waals surface area contributed by atoms with Gasteiger partial charge in [0, 0.05) is 4.47 Å². The minimum atomic E-state index is 0.356. The number of hydrogen-bond donors (Lipinski definition) is 2. The largest absolute Gasteiger partial charge is 0.485 e. The Bertz CT molecular complexity index is 569. The zero-order valence-electron chi connectivity index (χ0n) is 9.66. The Morgan fingerprint density at radius 3 is 2.47 bits per heavy atom. The van der Waals surface area contributed by atoms with Gasteiger partial charge >= 0.3 is 0 Å².